The standard InChI is InChI=1S/C14H21BO2/c1-9(2)3-6-12-13(17-12)11-5-4-10(15)7-14(11)8-16-14/h3,10-13H,4-8H2,1-2H3. The van der Waals surface area contributed by atoms with E-state index in [9.17, 15) is 0 Å². The highest BCUT2D eigenvalue weighted by atomic mass is 16.6. The molecule has 2 saturated heterocycles. The summed E-state index contributed by atoms with van der Waals surface area (Å²) in [5.74, 6) is 0.932. The van der Waals surface area contributed by atoms with Crippen molar-refractivity contribution in [1.29, 1.82) is 0 Å². The van der Waals surface area contributed by atoms with Crippen molar-refractivity contribution in [1.82, 2.24) is 0 Å². The molecule has 17 heavy (non-hydrogen) atoms. The Morgan fingerprint density at radius 3 is 2.82 bits per heavy atom. The van der Waals surface area contributed by atoms with E-state index in [1.165, 1.54) is 12.0 Å². The van der Waals surface area contributed by atoms with Crippen LogP contribution in [0.5, 0.6) is 0 Å². The Hall–Kier alpha value is -0.275. The van der Waals surface area contributed by atoms with Crippen LogP contribution in [0.1, 0.15) is 39.5 Å². The molecular formula is C14H21BO2. The van der Waals surface area contributed by atoms with Gasteiger partial charge in [0.15, 0.2) is 0 Å². The monoisotopic (exact) mass is 232 g/mol. The van der Waals surface area contributed by atoms with Gasteiger partial charge in [-0.25, -0.2) is 0 Å². The maximum absolute atomic E-state index is 6.04. The lowest BCUT2D eigenvalue weighted by Crippen LogP contribution is -2.35. The van der Waals surface area contributed by atoms with Gasteiger partial charge in [0, 0.05) is 5.92 Å². The van der Waals surface area contributed by atoms with Gasteiger partial charge in [0.2, 0.25) is 0 Å². The zero-order chi connectivity index (χ0) is 12.0. The van der Waals surface area contributed by atoms with Crippen LogP contribution in [-0.2, 0) is 9.47 Å². The van der Waals surface area contributed by atoms with Gasteiger partial charge in [-0.1, -0.05) is 23.9 Å². The highest BCUT2D eigenvalue weighted by Crippen LogP contribution is 2.54. The average Bonchev–Trinajstić information content (AvgIpc) is 3.14. The Kier molecular flexibility index (Phi) is 2.87. The Bertz CT molecular complexity index is 331. The summed E-state index contributed by atoms with van der Waals surface area (Å²) in [7, 11) is 6.04. The van der Waals surface area contributed by atoms with Crippen LogP contribution in [0.25, 0.3) is 0 Å². The molecule has 3 rings (SSSR count). The third-order valence-corrected chi connectivity index (χ3v) is 4.42. The highest BCUT2D eigenvalue weighted by Gasteiger charge is 2.61. The molecule has 1 aliphatic carbocycles. The number of allylic oxidation sites excluding steroid dienone is 1. The molecule has 3 heteroatoms. The predicted octanol–water partition coefficient (Wildman–Crippen LogP) is 2.64. The molecule has 2 radical (unpaired) electrons. The molecule has 0 aromatic rings. The number of epoxide rings is 2. The van der Waals surface area contributed by atoms with Gasteiger partial charge in [0.25, 0.3) is 0 Å². The fraction of sp³-hybridized carbons (Fsp3) is 0.857. The zero-order valence-electron chi connectivity index (χ0n) is 10.8. The Morgan fingerprint density at radius 1 is 1.41 bits per heavy atom. The van der Waals surface area contributed by atoms with Crippen molar-refractivity contribution in [3.05, 3.63) is 11.6 Å². The van der Waals surface area contributed by atoms with Gasteiger partial charge in [0.1, 0.15) is 0 Å². The molecule has 3 aliphatic rings. The van der Waals surface area contributed by atoms with Crippen LogP contribution in [0.3, 0.4) is 0 Å². The van der Waals surface area contributed by atoms with Crippen molar-refractivity contribution in [2.45, 2.75) is 63.2 Å². The van der Waals surface area contributed by atoms with E-state index in [1.807, 2.05) is 0 Å². The molecule has 92 valence electrons. The van der Waals surface area contributed by atoms with Crippen LogP contribution in [0.15, 0.2) is 11.6 Å². The van der Waals surface area contributed by atoms with Gasteiger partial charge >= 0.3 is 0 Å². The summed E-state index contributed by atoms with van der Waals surface area (Å²) < 4.78 is 11.6. The van der Waals surface area contributed by atoms with Crippen molar-refractivity contribution >= 4 is 7.85 Å². The van der Waals surface area contributed by atoms with E-state index >= 15 is 0 Å². The maximum atomic E-state index is 6.04. The van der Waals surface area contributed by atoms with Crippen LogP contribution < -0.4 is 0 Å². The molecule has 0 bridgehead atoms. The van der Waals surface area contributed by atoms with Gasteiger partial charge in [-0.3, -0.25) is 0 Å². The zero-order valence-corrected chi connectivity index (χ0v) is 10.8. The second-order valence-electron chi connectivity index (χ2n) is 6.16. The summed E-state index contributed by atoms with van der Waals surface area (Å²) in [6.45, 7) is 5.19. The quantitative estimate of drug-likeness (QED) is 0.424. The van der Waals surface area contributed by atoms with E-state index in [0.717, 1.165) is 25.9 Å². The number of rotatable bonds is 3. The second-order valence-corrected chi connectivity index (χ2v) is 6.16. The first-order valence-corrected chi connectivity index (χ1v) is 6.79. The van der Waals surface area contributed by atoms with Crippen LogP contribution in [0.4, 0.5) is 0 Å². The van der Waals surface area contributed by atoms with Crippen molar-refractivity contribution in [3.63, 3.8) is 0 Å². The third-order valence-electron chi connectivity index (χ3n) is 4.42. The van der Waals surface area contributed by atoms with Gasteiger partial charge in [-0.15, -0.1) is 0 Å². The number of hydrogen-bond donors (Lipinski definition) is 0. The van der Waals surface area contributed by atoms with E-state index in [-0.39, 0.29) is 5.60 Å². The summed E-state index contributed by atoms with van der Waals surface area (Å²) in [6.07, 6.45) is 7.55. The third kappa shape index (κ3) is 2.32. The summed E-state index contributed by atoms with van der Waals surface area (Å²) in [5, 5.41) is 0. The Labute approximate surface area is 105 Å². The van der Waals surface area contributed by atoms with E-state index < -0.39 is 0 Å². The smallest absolute Gasteiger partial charge is 0.0965 e. The molecule has 3 fully saturated rings. The molecule has 2 aliphatic heterocycles. The molecular weight excluding hydrogens is 211 g/mol. The Balaban J connectivity index is 1.58. The molecule has 0 N–H and O–H groups in total. The predicted molar refractivity (Wildman–Crippen MR) is 68.2 cm³/mol. The van der Waals surface area contributed by atoms with Crippen LogP contribution in [0.2, 0.25) is 5.82 Å². The number of hydrogen-bond acceptors (Lipinski definition) is 2. The Morgan fingerprint density at radius 2 is 2.18 bits per heavy atom. The lowest BCUT2D eigenvalue weighted by Gasteiger charge is -2.32. The van der Waals surface area contributed by atoms with Gasteiger partial charge in [-0.2, -0.15) is 0 Å². The topological polar surface area (TPSA) is 25.1 Å². The van der Waals surface area contributed by atoms with Gasteiger partial charge in [0.05, 0.1) is 32.3 Å². The van der Waals surface area contributed by atoms with E-state index in [0.29, 0.717) is 23.9 Å². The normalized spacial score (nSPS) is 47.9. The fourth-order valence-electron chi connectivity index (χ4n) is 3.29. The van der Waals surface area contributed by atoms with Crippen LogP contribution in [0, 0.1) is 5.92 Å². The first-order chi connectivity index (χ1) is 8.11. The summed E-state index contributed by atoms with van der Waals surface area (Å²) >= 11 is 0. The lowest BCUT2D eigenvalue weighted by molar-refractivity contribution is 0.130. The first-order valence-electron chi connectivity index (χ1n) is 6.79. The highest BCUT2D eigenvalue weighted by molar-refractivity contribution is 6.11. The molecule has 1 spiro atoms. The largest absolute Gasteiger partial charge is 0.369 e. The number of ether oxygens (including phenoxy) is 2. The van der Waals surface area contributed by atoms with Crippen LogP contribution >= 0.6 is 0 Å². The average molecular weight is 232 g/mol. The summed E-state index contributed by atoms with van der Waals surface area (Å²) in [6, 6.07) is 0. The van der Waals surface area contributed by atoms with Crippen molar-refractivity contribution in [2.75, 3.05) is 6.61 Å². The van der Waals surface area contributed by atoms with Crippen molar-refractivity contribution in [2.24, 2.45) is 5.92 Å². The van der Waals surface area contributed by atoms with Crippen molar-refractivity contribution < 1.29 is 9.47 Å². The van der Waals surface area contributed by atoms with E-state index in [4.69, 9.17) is 17.3 Å². The fourth-order valence-corrected chi connectivity index (χ4v) is 3.29. The molecule has 0 aromatic heterocycles. The molecule has 2 heterocycles. The van der Waals surface area contributed by atoms with E-state index in [1.54, 1.807) is 0 Å². The van der Waals surface area contributed by atoms with Crippen molar-refractivity contribution in [3.8, 4) is 0 Å². The molecule has 0 aromatic carbocycles. The minimum absolute atomic E-state index is 0.0993. The minimum atomic E-state index is 0.0993. The molecule has 5 unspecified atom stereocenters. The molecule has 0 amide bonds. The summed E-state index contributed by atoms with van der Waals surface area (Å²) in [4.78, 5) is 0. The SMILES string of the molecule is [B]C1CCC(C2OC2CC=C(C)C)C2(CO2)C1. The molecule has 1 saturated carbocycles. The summed E-state index contributed by atoms with van der Waals surface area (Å²) in [5.41, 5.74) is 1.48. The lowest BCUT2D eigenvalue weighted by atomic mass is 9.65. The maximum Gasteiger partial charge on any atom is 0.0965 e. The van der Waals surface area contributed by atoms with Crippen LogP contribution in [-0.4, -0.2) is 32.3 Å². The van der Waals surface area contributed by atoms with Gasteiger partial charge < -0.3 is 9.47 Å². The van der Waals surface area contributed by atoms with E-state index in [2.05, 4.69) is 19.9 Å². The second kappa shape index (κ2) is 4.13. The molecule has 2 nitrogen and oxygen atoms in total. The van der Waals surface area contributed by atoms with Gasteiger partial charge in [-0.05, 0) is 33.1 Å². The minimum Gasteiger partial charge on any atom is -0.369 e. The first kappa shape index (κ1) is 11.8. The molecule has 5 atom stereocenters.